The summed E-state index contributed by atoms with van der Waals surface area (Å²) in [6, 6.07) is 10.2. The van der Waals surface area contributed by atoms with Crippen molar-refractivity contribution in [3.63, 3.8) is 0 Å². The number of guanidine groups is 1. The minimum Gasteiger partial charge on any atom is -0.496 e. The monoisotopic (exact) mass is 526 g/mol. The number of pyridine rings is 1. The lowest BCUT2D eigenvalue weighted by atomic mass is 10.1. The molecule has 0 aliphatic carbocycles. The van der Waals surface area contributed by atoms with E-state index in [1.807, 2.05) is 38.2 Å². The third-order valence-corrected chi connectivity index (χ3v) is 5.85. The fraction of sp³-hybridized carbons (Fsp3) is 0.333. The summed E-state index contributed by atoms with van der Waals surface area (Å²) in [4.78, 5) is 9.65. The zero-order valence-electron chi connectivity index (χ0n) is 17.0. The molecule has 0 radical (unpaired) electrons. The van der Waals surface area contributed by atoms with Gasteiger partial charge >= 0.3 is 0 Å². The van der Waals surface area contributed by atoms with E-state index >= 15 is 0 Å². The van der Waals surface area contributed by atoms with Crippen molar-refractivity contribution in [2.75, 3.05) is 20.7 Å². The predicted molar refractivity (Wildman–Crippen MR) is 131 cm³/mol. The number of hydrogen-bond donors (Lipinski definition) is 3. The molecular formula is C21H27IN4O2S. The first kappa shape index (κ1) is 23.4. The standard InChI is InChI=1S/C21H26N4O2S.HI/c1-13-10-23-16(14(2)20(13)27-4)11-24-21(22-3)25-12-17(26)19-9-15-7-5-6-8-18(15)28-19;/h5-10,17,26H,11-12H2,1-4H3,(H2,22,24,25);1H. The molecule has 3 N–H and O–H groups in total. The summed E-state index contributed by atoms with van der Waals surface area (Å²) in [7, 11) is 3.37. The van der Waals surface area contributed by atoms with Crippen LogP contribution in [0.5, 0.6) is 5.75 Å². The van der Waals surface area contributed by atoms with E-state index < -0.39 is 6.10 Å². The molecule has 1 unspecified atom stereocenters. The molecule has 0 saturated heterocycles. The van der Waals surface area contributed by atoms with Crippen LogP contribution in [0.4, 0.5) is 0 Å². The number of aliphatic imine (C=N–C) groups is 1. The minimum absolute atomic E-state index is 0. The Balaban J connectivity index is 0.00000300. The molecule has 1 aromatic carbocycles. The van der Waals surface area contributed by atoms with Crippen LogP contribution in [-0.4, -0.2) is 36.8 Å². The Morgan fingerprint density at radius 2 is 2.03 bits per heavy atom. The zero-order valence-corrected chi connectivity index (χ0v) is 20.2. The maximum Gasteiger partial charge on any atom is 0.191 e. The van der Waals surface area contributed by atoms with Gasteiger partial charge in [0.15, 0.2) is 5.96 Å². The van der Waals surface area contributed by atoms with E-state index in [1.165, 1.54) is 4.70 Å². The van der Waals surface area contributed by atoms with Crippen LogP contribution in [-0.2, 0) is 6.54 Å². The second kappa shape index (κ2) is 10.7. The van der Waals surface area contributed by atoms with Crippen LogP contribution < -0.4 is 15.4 Å². The highest BCUT2D eigenvalue weighted by Crippen LogP contribution is 2.29. The SMILES string of the molecule is CN=C(NCc1ncc(C)c(OC)c1C)NCC(O)c1cc2ccccc2s1.I. The number of halogens is 1. The molecule has 0 amide bonds. The molecule has 6 nitrogen and oxygen atoms in total. The number of aliphatic hydroxyl groups excluding tert-OH is 1. The van der Waals surface area contributed by atoms with Crippen molar-refractivity contribution in [1.82, 2.24) is 15.6 Å². The van der Waals surface area contributed by atoms with Crippen molar-refractivity contribution in [1.29, 1.82) is 0 Å². The highest BCUT2D eigenvalue weighted by Gasteiger charge is 2.13. The molecule has 0 fully saturated rings. The average molecular weight is 526 g/mol. The molecule has 8 heteroatoms. The van der Waals surface area contributed by atoms with Gasteiger partial charge in [0.25, 0.3) is 0 Å². The Labute approximate surface area is 192 Å². The number of methoxy groups -OCH3 is 1. The number of benzene rings is 1. The van der Waals surface area contributed by atoms with Crippen LogP contribution >= 0.6 is 35.3 Å². The third kappa shape index (κ3) is 5.58. The first-order chi connectivity index (χ1) is 13.5. The first-order valence-electron chi connectivity index (χ1n) is 9.13. The van der Waals surface area contributed by atoms with Gasteiger partial charge in [-0.1, -0.05) is 18.2 Å². The van der Waals surface area contributed by atoms with Gasteiger partial charge in [0.1, 0.15) is 11.9 Å². The number of nitrogens with zero attached hydrogens (tertiary/aromatic N) is 2. The van der Waals surface area contributed by atoms with Crippen LogP contribution in [0.3, 0.4) is 0 Å². The Morgan fingerprint density at radius 3 is 2.72 bits per heavy atom. The van der Waals surface area contributed by atoms with Crippen molar-refractivity contribution < 1.29 is 9.84 Å². The van der Waals surface area contributed by atoms with Crippen LogP contribution in [0.2, 0.25) is 0 Å². The van der Waals surface area contributed by atoms with Gasteiger partial charge in [-0.2, -0.15) is 0 Å². The molecule has 156 valence electrons. The lowest BCUT2D eigenvalue weighted by molar-refractivity contribution is 0.184. The molecule has 1 atom stereocenters. The van der Waals surface area contributed by atoms with E-state index in [9.17, 15) is 5.11 Å². The summed E-state index contributed by atoms with van der Waals surface area (Å²) >= 11 is 1.61. The Hall–Kier alpha value is -1.91. The zero-order chi connectivity index (χ0) is 20.1. The molecule has 0 bridgehead atoms. The van der Waals surface area contributed by atoms with E-state index in [4.69, 9.17) is 4.74 Å². The van der Waals surface area contributed by atoms with Crippen molar-refractivity contribution in [2.24, 2.45) is 4.99 Å². The summed E-state index contributed by atoms with van der Waals surface area (Å²) in [5, 5.41) is 18.1. The molecule has 0 aliphatic heterocycles. The molecule has 2 heterocycles. The second-order valence-corrected chi connectivity index (χ2v) is 7.67. The van der Waals surface area contributed by atoms with Gasteiger partial charge in [-0.25, -0.2) is 0 Å². The maximum atomic E-state index is 10.5. The van der Waals surface area contributed by atoms with Gasteiger partial charge in [0.05, 0.1) is 19.3 Å². The molecule has 0 spiro atoms. The Morgan fingerprint density at radius 1 is 1.28 bits per heavy atom. The summed E-state index contributed by atoms with van der Waals surface area (Å²) < 4.78 is 6.63. The number of nitrogens with one attached hydrogen (secondary N) is 2. The maximum absolute atomic E-state index is 10.5. The quantitative estimate of drug-likeness (QED) is 0.258. The lowest BCUT2D eigenvalue weighted by Gasteiger charge is -2.16. The smallest absolute Gasteiger partial charge is 0.191 e. The first-order valence-corrected chi connectivity index (χ1v) is 9.95. The highest BCUT2D eigenvalue weighted by atomic mass is 127. The van der Waals surface area contributed by atoms with Gasteiger partial charge in [-0.15, -0.1) is 35.3 Å². The summed E-state index contributed by atoms with van der Waals surface area (Å²) in [6.07, 6.45) is 1.21. The fourth-order valence-electron chi connectivity index (χ4n) is 3.10. The van der Waals surface area contributed by atoms with Gasteiger partial charge in [-0.05, 0) is 31.4 Å². The topological polar surface area (TPSA) is 78.8 Å². The van der Waals surface area contributed by atoms with Crippen molar-refractivity contribution in [3.8, 4) is 5.75 Å². The molecule has 0 saturated carbocycles. The van der Waals surface area contributed by atoms with Crippen molar-refractivity contribution in [3.05, 3.63) is 58.2 Å². The number of fused-ring (bicyclic) bond motifs is 1. The molecule has 3 aromatic rings. The van der Waals surface area contributed by atoms with Crippen LogP contribution in [0, 0.1) is 13.8 Å². The van der Waals surface area contributed by atoms with Crippen LogP contribution in [0.25, 0.3) is 10.1 Å². The van der Waals surface area contributed by atoms with Crippen molar-refractivity contribution in [2.45, 2.75) is 26.5 Å². The molecule has 0 aliphatic rings. The van der Waals surface area contributed by atoms with Gasteiger partial charge in [0, 0.05) is 40.5 Å². The van der Waals surface area contributed by atoms with Crippen LogP contribution in [0.1, 0.15) is 27.8 Å². The number of aryl methyl sites for hydroxylation is 1. The van der Waals surface area contributed by atoms with Gasteiger partial charge in [-0.3, -0.25) is 9.98 Å². The lowest BCUT2D eigenvalue weighted by Crippen LogP contribution is -2.39. The Kier molecular flexibility index (Phi) is 8.66. The van der Waals surface area contributed by atoms with E-state index in [0.717, 1.165) is 32.8 Å². The molecule has 3 rings (SSSR count). The Bertz CT molecular complexity index is 957. The number of hydrogen-bond acceptors (Lipinski definition) is 5. The van der Waals surface area contributed by atoms with Gasteiger partial charge < -0.3 is 20.5 Å². The highest BCUT2D eigenvalue weighted by molar-refractivity contribution is 14.0. The fourth-order valence-corrected chi connectivity index (χ4v) is 4.15. The number of ether oxygens (including phenoxy) is 1. The normalized spacial score (nSPS) is 12.4. The average Bonchev–Trinajstić information content (AvgIpc) is 3.14. The van der Waals surface area contributed by atoms with Crippen LogP contribution in [0.15, 0.2) is 41.5 Å². The number of rotatable bonds is 6. The van der Waals surface area contributed by atoms with E-state index in [2.05, 4.69) is 32.7 Å². The number of aliphatic hydroxyl groups is 1. The second-order valence-electron chi connectivity index (χ2n) is 6.56. The number of aromatic nitrogens is 1. The predicted octanol–water partition coefficient (Wildman–Crippen LogP) is 3.94. The van der Waals surface area contributed by atoms with E-state index in [0.29, 0.717) is 19.0 Å². The molecule has 2 aromatic heterocycles. The number of thiophene rings is 1. The largest absolute Gasteiger partial charge is 0.496 e. The third-order valence-electron chi connectivity index (χ3n) is 4.63. The van der Waals surface area contributed by atoms with E-state index in [1.54, 1.807) is 25.5 Å². The van der Waals surface area contributed by atoms with Gasteiger partial charge in [0.2, 0.25) is 0 Å². The molecule has 29 heavy (non-hydrogen) atoms. The van der Waals surface area contributed by atoms with Crippen molar-refractivity contribution >= 4 is 51.4 Å². The summed E-state index contributed by atoms with van der Waals surface area (Å²) in [5.41, 5.74) is 2.92. The molecular weight excluding hydrogens is 499 g/mol. The summed E-state index contributed by atoms with van der Waals surface area (Å²) in [5.74, 6) is 1.47. The summed E-state index contributed by atoms with van der Waals surface area (Å²) in [6.45, 7) is 4.86. The minimum atomic E-state index is -0.602. The van der Waals surface area contributed by atoms with E-state index in [-0.39, 0.29) is 24.0 Å².